The van der Waals surface area contributed by atoms with E-state index in [4.69, 9.17) is 21.1 Å². The maximum Gasteiger partial charge on any atom is 0.241 e. The Morgan fingerprint density at radius 3 is 2.39 bits per heavy atom. The molecule has 0 fully saturated rings. The van der Waals surface area contributed by atoms with Crippen molar-refractivity contribution in [3.63, 3.8) is 0 Å². The molecule has 28 heavy (non-hydrogen) atoms. The van der Waals surface area contributed by atoms with Crippen LogP contribution in [0.4, 0.5) is 5.69 Å². The standard InChI is InChI=1S/C19H23ClN2O5S/c1-14(13-27-18-9-7-17(26-2)8-10-18)21-19(23)12-22(28(3,24)25)16-6-4-5-15(20)11-16/h4-11,14H,12-13H2,1-3H3,(H,21,23)/t14-/m0/s1. The number of carbonyl (C=O) groups excluding carboxylic acids is 1. The molecule has 1 amide bonds. The number of nitrogens with zero attached hydrogens (tertiary/aromatic N) is 1. The third-order valence-corrected chi connectivity index (χ3v) is 5.13. The highest BCUT2D eigenvalue weighted by molar-refractivity contribution is 7.92. The van der Waals surface area contributed by atoms with Crippen LogP contribution in [-0.4, -0.2) is 46.9 Å². The van der Waals surface area contributed by atoms with Gasteiger partial charge >= 0.3 is 0 Å². The van der Waals surface area contributed by atoms with Gasteiger partial charge in [-0.25, -0.2) is 8.42 Å². The van der Waals surface area contributed by atoms with E-state index < -0.39 is 15.9 Å². The lowest BCUT2D eigenvalue weighted by molar-refractivity contribution is -0.120. The highest BCUT2D eigenvalue weighted by Gasteiger charge is 2.22. The van der Waals surface area contributed by atoms with Crippen LogP contribution in [0.25, 0.3) is 0 Å². The van der Waals surface area contributed by atoms with Crippen LogP contribution < -0.4 is 19.1 Å². The molecule has 2 aromatic rings. The second-order valence-corrected chi connectivity index (χ2v) is 8.55. The minimum Gasteiger partial charge on any atom is -0.497 e. The van der Waals surface area contributed by atoms with Gasteiger partial charge in [0, 0.05) is 5.02 Å². The first-order valence-electron chi connectivity index (χ1n) is 8.48. The Kier molecular flexibility index (Phi) is 7.53. The van der Waals surface area contributed by atoms with E-state index >= 15 is 0 Å². The molecular formula is C19H23ClN2O5S. The van der Waals surface area contributed by atoms with Crippen LogP contribution in [0.3, 0.4) is 0 Å². The molecule has 0 saturated carbocycles. The Labute approximate surface area is 170 Å². The molecule has 152 valence electrons. The monoisotopic (exact) mass is 426 g/mol. The van der Waals surface area contributed by atoms with Crippen LogP contribution in [0.2, 0.25) is 5.02 Å². The first-order valence-corrected chi connectivity index (χ1v) is 10.7. The normalized spacial score (nSPS) is 12.1. The number of hydrogen-bond donors (Lipinski definition) is 1. The Morgan fingerprint density at radius 1 is 1.18 bits per heavy atom. The zero-order valence-corrected chi connectivity index (χ0v) is 17.5. The summed E-state index contributed by atoms with van der Waals surface area (Å²) in [6, 6.07) is 13.1. The molecule has 0 unspecified atom stereocenters. The van der Waals surface area contributed by atoms with E-state index in [0.717, 1.165) is 16.3 Å². The number of benzene rings is 2. The molecule has 2 aromatic carbocycles. The van der Waals surface area contributed by atoms with Gasteiger partial charge in [-0.15, -0.1) is 0 Å². The lowest BCUT2D eigenvalue weighted by atomic mass is 10.3. The number of amides is 1. The average molecular weight is 427 g/mol. The SMILES string of the molecule is COc1ccc(OC[C@H](C)NC(=O)CN(c2cccc(Cl)c2)S(C)(=O)=O)cc1. The number of ether oxygens (including phenoxy) is 2. The molecule has 9 heteroatoms. The van der Waals surface area contributed by atoms with Crippen molar-refractivity contribution < 1.29 is 22.7 Å². The summed E-state index contributed by atoms with van der Waals surface area (Å²) in [6.45, 7) is 1.64. The molecule has 0 radical (unpaired) electrons. The quantitative estimate of drug-likeness (QED) is 0.666. The number of nitrogens with one attached hydrogen (secondary N) is 1. The molecule has 1 atom stereocenters. The minimum absolute atomic E-state index is 0.230. The van der Waals surface area contributed by atoms with Crippen LogP contribution in [0.1, 0.15) is 6.92 Å². The van der Waals surface area contributed by atoms with Crippen molar-refractivity contribution in [1.82, 2.24) is 5.32 Å². The summed E-state index contributed by atoms with van der Waals surface area (Å²) in [5.74, 6) is 0.908. The van der Waals surface area contributed by atoms with Gasteiger partial charge in [0.2, 0.25) is 15.9 Å². The second-order valence-electron chi connectivity index (χ2n) is 6.20. The predicted octanol–water partition coefficient (Wildman–Crippen LogP) is 2.70. The third kappa shape index (κ3) is 6.61. The van der Waals surface area contributed by atoms with Crippen LogP contribution >= 0.6 is 11.6 Å². The molecule has 1 N–H and O–H groups in total. The topological polar surface area (TPSA) is 84.9 Å². The zero-order valence-electron chi connectivity index (χ0n) is 15.9. The summed E-state index contributed by atoms with van der Waals surface area (Å²) in [7, 11) is -2.08. The van der Waals surface area contributed by atoms with E-state index in [-0.39, 0.29) is 19.2 Å². The molecule has 0 aliphatic carbocycles. The number of methoxy groups -OCH3 is 1. The zero-order chi connectivity index (χ0) is 20.7. The number of hydrogen-bond acceptors (Lipinski definition) is 5. The van der Waals surface area contributed by atoms with Crippen molar-refractivity contribution in [2.24, 2.45) is 0 Å². The summed E-state index contributed by atoms with van der Waals surface area (Å²) in [4.78, 5) is 12.3. The fraction of sp³-hybridized carbons (Fsp3) is 0.316. The van der Waals surface area contributed by atoms with E-state index in [1.807, 2.05) is 0 Å². The maximum absolute atomic E-state index is 12.3. The average Bonchev–Trinajstić information content (AvgIpc) is 2.64. The molecule has 0 aromatic heterocycles. The Morgan fingerprint density at radius 2 is 1.82 bits per heavy atom. The first-order chi connectivity index (χ1) is 13.2. The Balaban J connectivity index is 1.94. The molecule has 7 nitrogen and oxygen atoms in total. The fourth-order valence-corrected chi connectivity index (χ4v) is 3.45. The van der Waals surface area contributed by atoms with Gasteiger partial charge in [0.25, 0.3) is 0 Å². The summed E-state index contributed by atoms with van der Waals surface area (Å²) in [6.07, 6.45) is 1.04. The highest BCUT2D eigenvalue weighted by Crippen LogP contribution is 2.21. The molecule has 0 aliphatic heterocycles. The summed E-state index contributed by atoms with van der Waals surface area (Å²) >= 11 is 5.93. The van der Waals surface area contributed by atoms with Crippen LogP contribution in [0, 0.1) is 0 Å². The van der Waals surface area contributed by atoms with Crippen molar-refractivity contribution in [1.29, 1.82) is 0 Å². The Bertz CT molecular complexity index is 903. The van der Waals surface area contributed by atoms with Crippen molar-refractivity contribution >= 4 is 33.2 Å². The molecule has 0 aliphatic rings. The molecule has 0 heterocycles. The maximum atomic E-state index is 12.3. The summed E-state index contributed by atoms with van der Waals surface area (Å²) in [5, 5.41) is 3.11. The number of carbonyl (C=O) groups is 1. The highest BCUT2D eigenvalue weighted by atomic mass is 35.5. The van der Waals surface area contributed by atoms with Crippen molar-refractivity contribution in [2.75, 3.05) is 30.8 Å². The second kappa shape index (κ2) is 9.66. The van der Waals surface area contributed by atoms with Crippen LogP contribution in [0.15, 0.2) is 48.5 Å². The van der Waals surface area contributed by atoms with Crippen LogP contribution in [0.5, 0.6) is 11.5 Å². The lowest BCUT2D eigenvalue weighted by Gasteiger charge is -2.23. The van der Waals surface area contributed by atoms with Gasteiger partial charge in [-0.3, -0.25) is 9.10 Å². The van der Waals surface area contributed by atoms with Gasteiger partial charge in [0.05, 0.1) is 25.1 Å². The number of halogens is 1. The molecule has 0 bridgehead atoms. The number of anilines is 1. The number of rotatable bonds is 9. The van der Waals surface area contributed by atoms with E-state index in [1.54, 1.807) is 56.5 Å². The molecule has 2 rings (SSSR count). The molecule has 0 saturated heterocycles. The summed E-state index contributed by atoms with van der Waals surface area (Å²) in [5.41, 5.74) is 0.326. The van der Waals surface area contributed by atoms with E-state index in [1.165, 1.54) is 6.07 Å². The first kappa shape index (κ1) is 21.8. The Hall–Kier alpha value is -2.45. The van der Waals surface area contributed by atoms with Gasteiger partial charge in [-0.1, -0.05) is 17.7 Å². The summed E-state index contributed by atoms with van der Waals surface area (Å²) < 4.78 is 35.9. The van der Waals surface area contributed by atoms with Gasteiger partial charge < -0.3 is 14.8 Å². The van der Waals surface area contributed by atoms with Crippen molar-refractivity contribution in [3.8, 4) is 11.5 Å². The van der Waals surface area contributed by atoms with Gasteiger partial charge in [0.1, 0.15) is 24.7 Å². The van der Waals surface area contributed by atoms with Gasteiger partial charge in [0.15, 0.2) is 0 Å². The predicted molar refractivity (Wildman–Crippen MR) is 110 cm³/mol. The fourth-order valence-electron chi connectivity index (χ4n) is 2.42. The lowest BCUT2D eigenvalue weighted by Crippen LogP contribution is -2.44. The largest absolute Gasteiger partial charge is 0.497 e. The van der Waals surface area contributed by atoms with E-state index in [0.29, 0.717) is 16.5 Å². The van der Waals surface area contributed by atoms with Crippen LogP contribution in [-0.2, 0) is 14.8 Å². The van der Waals surface area contributed by atoms with E-state index in [2.05, 4.69) is 5.32 Å². The van der Waals surface area contributed by atoms with Crippen molar-refractivity contribution in [3.05, 3.63) is 53.6 Å². The van der Waals surface area contributed by atoms with Crippen molar-refractivity contribution in [2.45, 2.75) is 13.0 Å². The minimum atomic E-state index is -3.66. The van der Waals surface area contributed by atoms with Gasteiger partial charge in [-0.05, 0) is 49.4 Å². The van der Waals surface area contributed by atoms with Gasteiger partial charge in [-0.2, -0.15) is 0 Å². The van der Waals surface area contributed by atoms with E-state index in [9.17, 15) is 13.2 Å². The third-order valence-electron chi connectivity index (χ3n) is 3.75. The molecule has 0 spiro atoms. The molecular weight excluding hydrogens is 404 g/mol. The number of sulfonamides is 1. The smallest absolute Gasteiger partial charge is 0.241 e.